The summed E-state index contributed by atoms with van der Waals surface area (Å²) in [5.74, 6) is -1.35. The molecule has 1 aliphatic heterocycles. The smallest absolute Gasteiger partial charge is 0.328 e. The van der Waals surface area contributed by atoms with Crippen molar-refractivity contribution in [1.29, 1.82) is 0 Å². The van der Waals surface area contributed by atoms with Crippen LogP contribution in [0.5, 0.6) is 0 Å². The van der Waals surface area contributed by atoms with Gasteiger partial charge in [0.25, 0.3) is 5.91 Å². The fourth-order valence-electron chi connectivity index (χ4n) is 2.85. The van der Waals surface area contributed by atoms with Crippen molar-refractivity contribution in [1.82, 2.24) is 14.7 Å². The molecular weight excluding hydrogens is 310 g/mol. The zero-order valence-corrected chi connectivity index (χ0v) is 13.6. The minimum Gasteiger partial charge on any atom is -0.480 e. The van der Waals surface area contributed by atoms with Crippen LogP contribution in [0.15, 0.2) is 30.3 Å². The highest BCUT2D eigenvalue weighted by Gasteiger charge is 2.33. The van der Waals surface area contributed by atoms with Gasteiger partial charge in [-0.2, -0.15) is 5.10 Å². The number of hydrogen-bond donors (Lipinski definition) is 1. The number of aliphatic carboxylic acids is 1. The second-order valence-electron chi connectivity index (χ2n) is 5.81. The van der Waals surface area contributed by atoms with E-state index in [0.29, 0.717) is 12.2 Å². The van der Waals surface area contributed by atoms with Crippen LogP contribution < -0.4 is 0 Å². The Labute approximate surface area is 139 Å². The predicted molar refractivity (Wildman–Crippen MR) is 86.3 cm³/mol. The lowest BCUT2D eigenvalue weighted by atomic mass is 10.1. The summed E-state index contributed by atoms with van der Waals surface area (Å²) in [6, 6.07) is 8.04. The van der Waals surface area contributed by atoms with Gasteiger partial charge in [0.1, 0.15) is 0 Å². The molecule has 1 atom stereocenters. The zero-order chi connectivity index (χ0) is 17.3. The highest BCUT2D eigenvalue weighted by Crippen LogP contribution is 2.16. The summed E-state index contributed by atoms with van der Waals surface area (Å²) in [5.41, 5.74) is 3.23. The van der Waals surface area contributed by atoms with Gasteiger partial charge in [0.2, 0.25) is 0 Å². The van der Waals surface area contributed by atoms with E-state index >= 15 is 0 Å². The highest BCUT2D eigenvalue weighted by atomic mass is 16.5. The molecule has 0 unspecified atom stereocenters. The predicted octanol–water partition coefficient (Wildman–Crippen LogP) is 1.41. The van der Waals surface area contributed by atoms with Crippen molar-refractivity contribution in [2.45, 2.75) is 19.9 Å². The maximum atomic E-state index is 12.6. The minimum absolute atomic E-state index is 0.0188. The number of aryl methyl sites for hydroxylation is 2. The van der Waals surface area contributed by atoms with Crippen LogP contribution in [0.3, 0.4) is 0 Å². The van der Waals surface area contributed by atoms with Crippen molar-refractivity contribution >= 4 is 11.9 Å². The quantitative estimate of drug-likeness (QED) is 0.920. The average molecular weight is 329 g/mol. The molecule has 3 rings (SSSR count). The number of carbonyl (C=O) groups excluding carboxylic acids is 1. The lowest BCUT2D eigenvalue weighted by Crippen LogP contribution is -2.52. The standard InChI is InChI=1S/C17H19N3O4/c1-11-9-12(2)20(18-11)14-5-3-13(4-6-14)16(21)19-7-8-24-10-15(19)17(22)23/h3-6,9,15H,7-8,10H2,1-2H3,(H,22,23)/t15-/m0/s1. The number of carbonyl (C=O) groups is 2. The molecule has 7 nitrogen and oxygen atoms in total. The van der Waals surface area contributed by atoms with Crippen molar-refractivity contribution in [3.63, 3.8) is 0 Å². The van der Waals surface area contributed by atoms with E-state index in [1.54, 1.807) is 16.8 Å². The molecule has 1 saturated heterocycles. The summed E-state index contributed by atoms with van der Waals surface area (Å²) >= 11 is 0. The fourth-order valence-corrected chi connectivity index (χ4v) is 2.85. The van der Waals surface area contributed by atoms with Crippen LogP contribution >= 0.6 is 0 Å². The van der Waals surface area contributed by atoms with E-state index in [1.807, 2.05) is 32.0 Å². The molecule has 1 N–H and O–H groups in total. The molecule has 1 aromatic carbocycles. The molecule has 2 aromatic rings. The number of hydrogen-bond acceptors (Lipinski definition) is 4. The van der Waals surface area contributed by atoms with Gasteiger partial charge in [-0.3, -0.25) is 4.79 Å². The van der Waals surface area contributed by atoms with Gasteiger partial charge in [-0.25, -0.2) is 9.48 Å². The summed E-state index contributed by atoms with van der Waals surface area (Å²) in [6.45, 7) is 4.52. The molecule has 2 heterocycles. The van der Waals surface area contributed by atoms with E-state index < -0.39 is 12.0 Å². The van der Waals surface area contributed by atoms with Crippen LogP contribution in [0, 0.1) is 13.8 Å². The fraction of sp³-hybridized carbons (Fsp3) is 0.353. The number of nitrogens with zero attached hydrogens (tertiary/aromatic N) is 3. The van der Waals surface area contributed by atoms with Crippen molar-refractivity contribution in [3.8, 4) is 5.69 Å². The highest BCUT2D eigenvalue weighted by molar-refractivity contribution is 5.97. The molecule has 126 valence electrons. The van der Waals surface area contributed by atoms with Gasteiger partial charge < -0.3 is 14.7 Å². The SMILES string of the molecule is Cc1cc(C)n(-c2ccc(C(=O)N3CCOC[C@H]3C(=O)O)cc2)n1. The number of carboxylic acid groups (broad SMARTS) is 1. The molecule has 0 bridgehead atoms. The number of aromatic nitrogens is 2. The monoisotopic (exact) mass is 329 g/mol. The lowest BCUT2D eigenvalue weighted by molar-refractivity contribution is -0.147. The van der Waals surface area contributed by atoms with Crippen LogP contribution in [0.2, 0.25) is 0 Å². The summed E-state index contributed by atoms with van der Waals surface area (Å²) in [4.78, 5) is 25.3. The minimum atomic E-state index is -1.05. The molecule has 0 spiro atoms. The summed E-state index contributed by atoms with van der Waals surface area (Å²) in [5, 5.41) is 13.7. The third kappa shape index (κ3) is 3.03. The maximum absolute atomic E-state index is 12.6. The summed E-state index contributed by atoms with van der Waals surface area (Å²) < 4.78 is 6.97. The number of rotatable bonds is 3. The van der Waals surface area contributed by atoms with E-state index in [-0.39, 0.29) is 19.1 Å². The number of morpholine rings is 1. The van der Waals surface area contributed by atoms with Crippen LogP contribution in [-0.4, -0.2) is 57.5 Å². The van der Waals surface area contributed by atoms with Gasteiger partial charge in [0.15, 0.2) is 6.04 Å². The molecule has 1 fully saturated rings. The van der Waals surface area contributed by atoms with Gasteiger partial charge in [-0.05, 0) is 44.2 Å². The average Bonchev–Trinajstić information content (AvgIpc) is 2.92. The van der Waals surface area contributed by atoms with Crippen molar-refractivity contribution in [2.75, 3.05) is 19.8 Å². The van der Waals surface area contributed by atoms with Gasteiger partial charge in [-0.1, -0.05) is 0 Å². The number of amides is 1. The Bertz CT molecular complexity index is 767. The topological polar surface area (TPSA) is 84.7 Å². The Morgan fingerprint density at radius 3 is 2.54 bits per heavy atom. The molecule has 24 heavy (non-hydrogen) atoms. The van der Waals surface area contributed by atoms with Crippen LogP contribution in [0.4, 0.5) is 0 Å². The molecule has 1 aliphatic rings. The Hall–Kier alpha value is -2.67. The van der Waals surface area contributed by atoms with Crippen molar-refractivity contribution in [3.05, 3.63) is 47.3 Å². The summed E-state index contributed by atoms with van der Waals surface area (Å²) in [6.07, 6.45) is 0. The molecular formula is C17H19N3O4. The molecule has 0 radical (unpaired) electrons. The number of carboxylic acids is 1. The lowest BCUT2D eigenvalue weighted by Gasteiger charge is -2.32. The Balaban J connectivity index is 1.83. The third-order valence-electron chi connectivity index (χ3n) is 4.04. The molecule has 0 saturated carbocycles. The number of benzene rings is 1. The Morgan fingerprint density at radius 1 is 1.25 bits per heavy atom. The Kier molecular flexibility index (Phi) is 4.35. The molecule has 7 heteroatoms. The molecule has 1 amide bonds. The van der Waals surface area contributed by atoms with E-state index in [1.165, 1.54) is 4.90 Å². The van der Waals surface area contributed by atoms with E-state index in [2.05, 4.69) is 5.10 Å². The first-order chi connectivity index (χ1) is 11.5. The maximum Gasteiger partial charge on any atom is 0.328 e. The van der Waals surface area contributed by atoms with Gasteiger partial charge in [0.05, 0.1) is 24.6 Å². The third-order valence-corrected chi connectivity index (χ3v) is 4.04. The van der Waals surface area contributed by atoms with Crippen LogP contribution in [-0.2, 0) is 9.53 Å². The van der Waals surface area contributed by atoms with E-state index in [9.17, 15) is 14.7 Å². The summed E-state index contributed by atoms with van der Waals surface area (Å²) in [7, 11) is 0. The van der Waals surface area contributed by atoms with Crippen LogP contribution in [0.25, 0.3) is 5.69 Å². The van der Waals surface area contributed by atoms with Gasteiger partial charge >= 0.3 is 5.97 Å². The zero-order valence-electron chi connectivity index (χ0n) is 13.6. The molecule has 0 aliphatic carbocycles. The number of ether oxygens (including phenoxy) is 1. The second-order valence-corrected chi connectivity index (χ2v) is 5.81. The first-order valence-electron chi connectivity index (χ1n) is 7.72. The largest absolute Gasteiger partial charge is 0.480 e. The first-order valence-corrected chi connectivity index (χ1v) is 7.72. The van der Waals surface area contributed by atoms with E-state index in [0.717, 1.165) is 17.1 Å². The Morgan fingerprint density at radius 2 is 1.96 bits per heavy atom. The normalized spacial score (nSPS) is 17.8. The van der Waals surface area contributed by atoms with Gasteiger partial charge in [0, 0.05) is 17.8 Å². The van der Waals surface area contributed by atoms with Crippen molar-refractivity contribution < 1.29 is 19.4 Å². The molecule has 1 aromatic heterocycles. The van der Waals surface area contributed by atoms with Crippen LogP contribution in [0.1, 0.15) is 21.7 Å². The first kappa shape index (κ1) is 16.2. The van der Waals surface area contributed by atoms with Gasteiger partial charge in [-0.15, -0.1) is 0 Å². The second kappa shape index (κ2) is 6.45. The van der Waals surface area contributed by atoms with E-state index in [4.69, 9.17) is 4.74 Å². The van der Waals surface area contributed by atoms with Crippen molar-refractivity contribution in [2.24, 2.45) is 0 Å².